The van der Waals surface area contributed by atoms with E-state index in [4.69, 9.17) is 10.5 Å². The minimum absolute atomic E-state index is 0.362. The zero-order chi connectivity index (χ0) is 11.8. The summed E-state index contributed by atoms with van der Waals surface area (Å²) in [4.78, 5) is 4.32. The molecule has 0 bridgehead atoms. The van der Waals surface area contributed by atoms with Crippen molar-refractivity contribution in [1.29, 1.82) is 0 Å². The Kier molecular flexibility index (Phi) is 2.96. The highest BCUT2D eigenvalue weighted by Crippen LogP contribution is 2.39. The van der Waals surface area contributed by atoms with E-state index in [1.807, 2.05) is 6.07 Å². The quantitative estimate of drug-likeness (QED) is 0.899. The highest BCUT2D eigenvalue weighted by Gasteiger charge is 2.40. The molecule has 1 aliphatic carbocycles. The van der Waals surface area contributed by atoms with Crippen LogP contribution in [0.15, 0.2) is 16.7 Å². The van der Waals surface area contributed by atoms with Gasteiger partial charge in [0.1, 0.15) is 5.82 Å². The van der Waals surface area contributed by atoms with Gasteiger partial charge in [0.05, 0.1) is 28.5 Å². The van der Waals surface area contributed by atoms with Crippen molar-refractivity contribution in [3.63, 3.8) is 0 Å². The molecule has 1 saturated carbocycles. The van der Waals surface area contributed by atoms with Crippen molar-refractivity contribution in [1.82, 2.24) is 4.98 Å². The lowest BCUT2D eigenvalue weighted by atomic mass is 10.1. The monoisotopic (exact) mass is 297 g/mol. The molecule has 0 amide bonds. The van der Waals surface area contributed by atoms with Crippen molar-refractivity contribution in [3.8, 4) is 0 Å². The molecule has 0 aromatic carbocycles. The Morgan fingerprint density at radius 1 is 1.41 bits per heavy atom. The molecule has 2 fully saturated rings. The lowest BCUT2D eigenvalue weighted by molar-refractivity contribution is 0.0898. The van der Waals surface area contributed by atoms with Gasteiger partial charge in [0, 0.05) is 6.61 Å². The van der Waals surface area contributed by atoms with Crippen molar-refractivity contribution in [2.45, 2.75) is 31.4 Å². The molecule has 3 N–H and O–H groups in total. The van der Waals surface area contributed by atoms with E-state index in [2.05, 4.69) is 26.2 Å². The smallest absolute Gasteiger partial charge is 0.140 e. The van der Waals surface area contributed by atoms with Crippen LogP contribution in [0.25, 0.3) is 0 Å². The molecule has 1 aromatic rings. The lowest BCUT2D eigenvalue weighted by Gasteiger charge is -2.20. The first-order valence-corrected chi connectivity index (χ1v) is 6.82. The fraction of sp³-hybridized carbons (Fsp3) is 0.583. The van der Waals surface area contributed by atoms with E-state index in [1.165, 1.54) is 12.8 Å². The summed E-state index contributed by atoms with van der Waals surface area (Å²) in [5.74, 6) is 1.61. The molecule has 1 saturated heterocycles. The Labute approximate surface area is 109 Å². The first-order valence-electron chi connectivity index (χ1n) is 6.03. The molecule has 1 aromatic heterocycles. The van der Waals surface area contributed by atoms with Crippen LogP contribution in [-0.2, 0) is 4.74 Å². The van der Waals surface area contributed by atoms with Gasteiger partial charge in [-0.05, 0) is 47.2 Å². The number of aromatic nitrogens is 1. The van der Waals surface area contributed by atoms with Crippen molar-refractivity contribution in [2.75, 3.05) is 17.7 Å². The third-order valence-electron chi connectivity index (χ3n) is 3.41. The van der Waals surface area contributed by atoms with E-state index >= 15 is 0 Å². The molecule has 0 spiro atoms. The second kappa shape index (κ2) is 4.46. The number of nitrogens with two attached hydrogens (primary N) is 1. The predicted octanol–water partition coefficient (Wildman–Crippen LogP) is 2.41. The zero-order valence-electron chi connectivity index (χ0n) is 9.53. The van der Waals surface area contributed by atoms with Crippen LogP contribution in [0.3, 0.4) is 0 Å². The van der Waals surface area contributed by atoms with Crippen LogP contribution >= 0.6 is 15.9 Å². The van der Waals surface area contributed by atoms with Gasteiger partial charge in [-0.15, -0.1) is 0 Å². The molecular formula is C12H16BrN3O. The number of nitrogens with one attached hydrogen (secondary N) is 1. The van der Waals surface area contributed by atoms with Crippen LogP contribution in [-0.4, -0.2) is 23.7 Å². The number of pyridine rings is 1. The number of rotatable bonds is 3. The normalized spacial score (nSPS) is 28.3. The Bertz CT molecular complexity index is 422. The van der Waals surface area contributed by atoms with Crippen LogP contribution < -0.4 is 11.1 Å². The highest BCUT2D eigenvalue weighted by molar-refractivity contribution is 9.10. The number of hydrogen-bond acceptors (Lipinski definition) is 4. The fourth-order valence-corrected chi connectivity index (χ4v) is 2.87. The Morgan fingerprint density at radius 3 is 2.94 bits per heavy atom. The molecule has 2 heterocycles. The molecule has 2 unspecified atom stereocenters. The summed E-state index contributed by atoms with van der Waals surface area (Å²) in [6.45, 7) is 0.853. The summed E-state index contributed by atoms with van der Waals surface area (Å²) >= 11 is 3.48. The lowest BCUT2D eigenvalue weighted by Crippen LogP contribution is -2.31. The molecule has 92 valence electrons. The van der Waals surface area contributed by atoms with Crippen molar-refractivity contribution >= 4 is 27.4 Å². The fourth-order valence-electron chi connectivity index (χ4n) is 2.39. The number of anilines is 2. The first kappa shape index (κ1) is 11.3. The van der Waals surface area contributed by atoms with E-state index in [1.54, 1.807) is 6.20 Å². The average Bonchev–Trinajstić information content (AvgIpc) is 3.03. The van der Waals surface area contributed by atoms with Crippen molar-refractivity contribution < 1.29 is 4.74 Å². The van der Waals surface area contributed by atoms with Crippen LogP contribution in [0.2, 0.25) is 0 Å². The number of ether oxygens (including phenoxy) is 1. The Morgan fingerprint density at radius 2 is 2.24 bits per heavy atom. The SMILES string of the molecule is Nc1cnc(NC2CCOC2C2CC2)c(Br)c1. The summed E-state index contributed by atoms with van der Waals surface area (Å²) in [5, 5.41) is 3.47. The van der Waals surface area contributed by atoms with Gasteiger partial charge < -0.3 is 15.8 Å². The maximum atomic E-state index is 5.80. The molecular weight excluding hydrogens is 282 g/mol. The van der Waals surface area contributed by atoms with Gasteiger partial charge in [0.15, 0.2) is 0 Å². The maximum Gasteiger partial charge on any atom is 0.140 e. The topological polar surface area (TPSA) is 60.2 Å². The Balaban J connectivity index is 1.72. The second-order valence-electron chi connectivity index (χ2n) is 4.81. The van der Waals surface area contributed by atoms with E-state index < -0.39 is 0 Å². The third kappa shape index (κ3) is 2.40. The van der Waals surface area contributed by atoms with Gasteiger partial charge in [-0.1, -0.05) is 0 Å². The minimum Gasteiger partial charge on any atom is -0.397 e. The second-order valence-corrected chi connectivity index (χ2v) is 5.67. The molecule has 3 rings (SSSR count). The van der Waals surface area contributed by atoms with Gasteiger partial charge >= 0.3 is 0 Å². The summed E-state index contributed by atoms with van der Waals surface area (Å²) < 4.78 is 6.71. The van der Waals surface area contributed by atoms with Crippen LogP contribution in [0.5, 0.6) is 0 Å². The summed E-state index contributed by atoms with van der Waals surface area (Å²) in [7, 11) is 0. The summed E-state index contributed by atoms with van der Waals surface area (Å²) in [6, 6.07) is 2.26. The first-order chi connectivity index (χ1) is 8.24. The zero-order valence-corrected chi connectivity index (χ0v) is 11.1. The third-order valence-corrected chi connectivity index (χ3v) is 4.01. The van der Waals surface area contributed by atoms with Gasteiger partial charge in [0.25, 0.3) is 0 Å². The molecule has 17 heavy (non-hydrogen) atoms. The standard InChI is InChI=1S/C12H16BrN3O/c13-9-5-8(14)6-15-12(9)16-10-3-4-17-11(10)7-1-2-7/h5-7,10-11H,1-4,14H2,(H,15,16). The average molecular weight is 298 g/mol. The Hall–Kier alpha value is -0.810. The maximum absolute atomic E-state index is 5.80. The van der Waals surface area contributed by atoms with E-state index in [0.717, 1.165) is 29.2 Å². The summed E-state index contributed by atoms with van der Waals surface area (Å²) in [5.41, 5.74) is 6.35. The number of nitrogen functional groups attached to an aromatic ring is 1. The minimum atomic E-state index is 0.362. The van der Waals surface area contributed by atoms with Gasteiger partial charge in [-0.25, -0.2) is 4.98 Å². The van der Waals surface area contributed by atoms with Gasteiger partial charge in [0.2, 0.25) is 0 Å². The van der Waals surface area contributed by atoms with E-state index in [9.17, 15) is 0 Å². The molecule has 2 aliphatic rings. The van der Waals surface area contributed by atoms with Crippen molar-refractivity contribution in [3.05, 3.63) is 16.7 Å². The summed E-state index contributed by atoms with van der Waals surface area (Å²) in [6.07, 6.45) is 5.70. The molecule has 1 aliphatic heterocycles. The van der Waals surface area contributed by atoms with E-state index in [0.29, 0.717) is 17.8 Å². The number of nitrogens with zero attached hydrogens (tertiary/aromatic N) is 1. The number of halogens is 1. The molecule has 2 atom stereocenters. The number of hydrogen-bond donors (Lipinski definition) is 2. The largest absolute Gasteiger partial charge is 0.397 e. The van der Waals surface area contributed by atoms with Crippen LogP contribution in [0.1, 0.15) is 19.3 Å². The molecule has 5 heteroatoms. The predicted molar refractivity (Wildman–Crippen MR) is 70.8 cm³/mol. The van der Waals surface area contributed by atoms with Crippen molar-refractivity contribution in [2.24, 2.45) is 5.92 Å². The van der Waals surface area contributed by atoms with Gasteiger partial charge in [-0.2, -0.15) is 0 Å². The van der Waals surface area contributed by atoms with Crippen LogP contribution in [0, 0.1) is 5.92 Å². The van der Waals surface area contributed by atoms with E-state index in [-0.39, 0.29) is 0 Å². The highest BCUT2D eigenvalue weighted by atomic mass is 79.9. The molecule has 4 nitrogen and oxygen atoms in total. The molecule has 0 radical (unpaired) electrons. The van der Waals surface area contributed by atoms with Crippen LogP contribution in [0.4, 0.5) is 11.5 Å². The van der Waals surface area contributed by atoms with Gasteiger partial charge in [-0.3, -0.25) is 0 Å².